The van der Waals surface area contributed by atoms with Gasteiger partial charge in [-0.3, -0.25) is 9.69 Å². The van der Waals surface area contributed by atoms with E-state index >= 15 is 0 Å². The maximum absolute atomic E-state index is 12.7. The van der Waals surface area contributed by atoms with Crippen LogP contribution in [0.4, 0.5) is 0 Å². The van der Waals surface area contributed by atoms with E-state index in [2.05, 4.69) is 10.2 Å². The zero-order valence-corrected chi connectivity index (χ0v) is 17.0. The minimum Gasteiger partial charge on any atom is -0.497 e. The maximum atomic E-state index is 12.7. The highest BCUT2D eigenvalue weighted by molar-refractivity contribution is 5.78. The number of carbonyl (C=O) groups is 1. The molecule has 0 radical (unpaired) electrons. The molecule has 1 saturated heterocycles. The fourth-order valence-corrected chi connectivity index (χ4v) is 4.83. The van der Waals surface area contributed by atoms with Gasteiger partial charge in [0.25, 0.3) is 0 Å². The van der Waals surface area contributed by atoms with Crippen LogP contribution in [-0.2, 0) is 4.79 Å². The van der Waals surface area contributed by atoms with Gasteiger partial charge in [-0.25, -0.2) is 0 Å². The van der Waals surface area contributed by atoms with Crippen LogP contribution < -0.4 is 14.8 Å². The third-order valence-electron chi connectivity index (χ3n) is 6.24. The molecule has 0 spiro atoms. The Balaban J connectivity index is 1.60. The molecule has 0 aromatic heterocycles. The Morgan fingerprint density at radius 1 is 1.15 bits per heavy atom. The number of likely N-dealkylation sites (tertiary alicyclic amines) is 1. The van der Waals surface area contributed by atoms with Crippen LogP contribution in [-0.4, -0.2) is 44.2 Å². The molecule has 2 aliphatic rings. The van der Waals surface area contributed by atoms with Gasteiger partial charge in [-0.1, -0.05) is 19.3 Å². The summed E-state index contributed by atoms with van der Waals surface area (Å²) in [6.07, 6.45) is 9.22. The van der Waals surface area contributed by atoms with Crippen molar-refractivity contribution in [1.29, 1.82) is 0 Å². The largest absolute Gasteiger partial charge is 0.497 e. The number of amides is 1. The summed E-state index contributed by atoms with van der Waals surface area (Å²) >= 11 is 0. The van der Waals surface area contributed by atoms with Gasteiger partial charge in [0.15, 0.2) is 0 Å². The number of rotatable bonds is 7. The lowest BCUT2D eigenvalue weighted by Crippen LogP contribution is -2.43. The van der Waals surface area contributed by atoms with Crippen molar-refractivity contribution < 1.29 is 14.3 Å². The van der Waals surface area contributed by atoms with Gasteiger partial charge in [-0.2, -0.15) is 0 Å². The molecule has 1 saturated carbocycles. The van der Waals surface area contributed by atoms with E-state index in [-0.39, 0.29) is 11.9 Å². The molecule has 0 unspecified atom stereocenters. The lowest BCUT2D eigenvalue weighted by molar-refractivity contribution is -0.123. The monoisotopic (exact) mass is 374 g/mol. The van der Waals surface area contributed by atoms with Gasteiger partial charge in [-0.05, 0) is 63.3 Å². The number of ether oxygens (including phenoxy) is 2. The number of nitrogens with one attached hydrogen (secondary N) is 1. The molecule has 5 heteroatoms. The summed E-state index contributed by atoms with van der Waals surface area (Å²) in [6.45, 7) is 3.54. The van der Waals surface area contributed by atoms with Crippen LogP contribution in [0, 0.1) is 5.92 Å². The zero-order valence-electron chi connectivity index (χ0n) is 17.0. The van der Waals surface area contributed by atoms with Crippen LogP contribution in [0.5, 0.6) is 11.5 Å². The summed E-state index contributed by atoms with van der Waals surface area (Å²) in [6, 6.07) is 6.16. The highest BCUT2D eigenvalue weighted by atomic mass is 16.5. The molecule has 3 rings (SSSR count). The van der Waals surface area contributed by atoms with Gasteiger partial charge < -0.3 is 14.8 Å². The number of methoxy groups -OCH3 is 2. The number of hydrogen-bond donors (Lipinski definition) is 1. The number of carbonyl (C=O) groups excluding carboxylic acids is 1. The first-order valence-electron chi connectivity index (χ1n) is 10.4. The fourth-order valence-electron chi connectivity index (χ4n) is 4.83. The molecule has 1 N–H and O–H groups in total. The number of nitrogens with zero attached hydrogens (tertiary/aromatic N) is 1. The van der Waals surface area contributed by atoms with Gasteiger partial charge in [0, 0.05) is 11.6 Å². The average Bonchev–Trinajstić information content (AvgIpc) is 3.15. The van der Waals surface area contributed by atoms with Crippen molar-refractivity contribution in [2.75, 3.05) is 27.3 Å². The Bertz CT molecular complexity index is 628. The standard InChI is InChI=1S/C22H34N2O3/c1-16(19-14-18(26-2)11-12-21(19)27-3)23-22(25)15-24-13-7-10-20(24)17-8-5-4-6-9-17/h11-12,14,16-17,20H,4-10,13,15H2,1-3H3,(H,23,25)/t16-,20+/m1/s1. The van der Waals surface area contributed by atoms with Crippen molar-refractivity contribution in [3.05, 3.63) is 23.8 Å². The van der Waals surface area contributed by atoms with E-state index in [4.69, 9.17) is 9.47 Å². The molecule has 1 amide bonds. The second-order valence-corrected chi connectivity index (χ2v) is 7.98. The topological polar surface area (TPSA) is 50.8 Å². The van der Waals surface area contributed by atoms with Gasteiger partial charge in [0.2, 0.25) is 5.91 Å². The van der Waals surface area contributed by atoms with Crippen molar-refractivity contribution in [3.8, 4) is 11.5 Å². The SMILES string of the molecule is COc1ccc(OC)c([C@@H](C)NC(=O)CN2CCC[C@H]2C2CCCCC2)c1. The summed E-state index contributed by atoms with van der Waals surface area (Å²) in [7, 11) is 3.30. The van der Waals surface area contributed by atoms with Crippen molar-refractivity contribution in [2.45, 2.75) is 64.0 Å². The maximum Gasteiger partial charge on any atom is 0.234 e. The molecule has 1 aliphatic carbocycles. The molecule has 1 aliphatic heterocycles. The summed E-state index contributed by atoms with van der Waals surface area (Å²) in [4.78, 5) is 15.2. The van der Waals surface area contributed by atoms with E-state index in [1.165, 1.54) is 44.9 Å². The molecule has 0 bridgehead atoms. The van der Waals surface area contributed by atoms with Crippen LogP contribution in [0.15, 0.2) is 18.2 Å². The smallest absolute Gasteiger partial charge is 0.234 e. The van der Waals surface area contributed by atoms with E-state index in [0.717, 1.165) is 29.5 Å². The zero-order chi connectivity index (χ0) is 19.2. The summed E-state index contributed by atoms with van der Waals surface area (Å²) < 4.78 is 10.8. The Hall–Kier alpha value is -1.75. The van der Waals surface area contributed by atoms with Gasteiger partial charge in [0.1, 0.15) is 11.5 Å². The third kappa shape index (κ3) is 4.95. The van der Waals surface area contributed by atoms with Crippen LogP contribution in [0.2, 0.25) is 0 Å². The summed E-state index contributed by atoms with van der Waals surface area (Å²) in [5.41, 5.74) is 0.940. The number of hydrogen-bond acceptors (Lipinski definition) is 4. The van der Waals surface area contributed by atoms with Gasteiger partial charge >= 0.3 is 0 Å². The fraction of sp³-hybridized carbons (Fsp3) is 0.682. The molecular formula is C22H34N2O3. The van der Waals surface area contributed by atoms with E-state index in [0.29, 0.717) is 12.6 Å². The Kier molecular flexibility index (Phi) is 7.00. The Morgan fingerprint density at radius 3 is 2.63 bits per heavy atom. The quantitative estimate of drug-likeness (QED) is 0.786. The minimum absolute atomic E-state index is 0.0927. The second-order valence-electron chi connectivity index (χ2n) is 7.98. The van der Waals surface area contributed by atoms with Crippen LogP contribution in [0.3, 0.4) is 0 Å². The molecule has 1 heterocycles. The third-order valence-corrected chi connectivity index (χ3v) is 6.24. The van der Waals surface area contributed by atoms with E-state index in [1.807, 2.05) is 25.1 Å². The first-order chi connectivity index (χ1) is 13.1. The van der Waals surface area contributed by atoms with E-state index in [9.17, 15) is 4.79 Å². The predicted molar refractivity (Wildman–Crippen MR) is 107 cm³/mol. The second kappa shape index (κ2) is 9.45. The van der Waals surface area contributed by atoms with Crippen LogP contribution in [0.25, 0.3) is 0 Å². The molecule has 5 nitrogen and oxygen atoms in total. The van der Waals surface area contributed by atoms with Crippen molar-refractivity contribution in [1.82, 2.24) is 10.2 Å². The first-order valence-corrected chi connectivity index (χ1v) is 10.4. The molecular weight excluding hydrogens is 340 g/mol. The first kappa shape index (κ1) is 20.0. The molecule has 27 heavy (non-hydrogen) atoms. The predicted octanol–water partition coefficient (Wildman–Crippen LogP) is 3.93. The van der Waals surface area contributed by atoms with Gasteiger partial charge in [0.05, 0.1) is 26.8 Å². The van der Waals surface area contributed by atoms with Crippen LogP contribution >= 0.6 is 0 Å². The van der Waals surface area contributed by atoms with Crippen molar-refractivity contribution in [3.63, 3.8) is 0 Å². The molecule has 1 aromatic rings. The summed E-state index contributed by atoms with van der Waals surface area (Å²) in [5.74, 6) is 2.41. The normalized spacial score (nSPS) is 22.4. The minimum atomic E-state index is -0.127. The van der Waals surface area contributed by atoms with Crippen molar-refractivity contribution >= 4 is 5.91 Å². The molecule has 150 valence electrons. The van der Waals surface area contributed by atoms with Crippen molar-refractivity contribution in [2.24, 2.45) is 5.92 Å². The van der Waals surface area contributed by atoms with E-state index < -0.39 is 0 Å². The highest BCUT2D eigenvalue weighted by Crippen LogP contribution is 2.34. The van der Waals surface area contributed by atoms with Gasteiger partial charge in [-0.15, -0.1) is 0 Å². The average molecular weight is 375 g/mol. The molecule has 2 atom stereocenters. The highest BCUT2D eigenvalue weighted by Gasteiger charge is 2.33. The lowest BCUT2D eigenvalue weighted by Gasteiger charge is -2.34. The molecule has 2 fully saturated rings. The Labute approximate surface area is 163 Å². The number of benzene rings is 1. The lowest BCUT2D eigenvalue weighted by atomic mass is 9.83. The van der Waals surface area contributed by atoms with E-state index in [1.54, 1.807) is 14.2 Å². The molecule has 1 aromatic carbocycles. The van der Waals surface area contributed by atoms with Crippen LogP contribution in [0.1, 0.15) is 63.5 Å². The summed E-state index contributed by atoms with van der Waals surface area (Å²) in [5, 5.41) is 3.16. The Morgan fingerprint density at radius 2 is 1.93 bits per heavy atom.